The van der Waals surface area contributed by atoms with Crippen LogP contribution in [-0.4, -0.2) is 23.8 Å². The van der Waals surface area contributed by atoms with Crippen LogP contribution in [0.4, 0.5) is 0 Å². The summed E-state index contributed by atoms with van der Waals surface area (Å²) in [6.45, 7) is 4.03. The fraction of sp³-hybridized carbons (Fsp3) is 0.353. The quantitative estimate of drug-likeness (QED) is 0.815. The maximum Gasteiger partial charge on any atom is 0.135 e. The van der Waals surface area contributed by atoms with Crippen molar-refractivity contribution in [2.24, 2.45) is 0 Å². The summed E-state index contributed by atoms with van der Waals surface area (Å²) >= 11 is 0. The van der Waals surface area contributed by atoms with Gasteiger partial charge in [-0.3, -0.25) is 9.69 Å². The van der Waals surface area contributed by atoms with Gasteiger partial charge < -0.3 is 0 Å². The zero-order valence-corrected chi connectivity index (χ0v) is 11.3. The predicted molar refractivity (Wildman–Crippen MR) is 78.2 cm³/mol. The largest absolute Gasteiger partial charge is 0.300 e. The summed E-state index contributed by atoms with van der Waals surface area (Å²) < 4.78 is 0. The second-order valence-electron chi connectivity index (χ2n) is 5.36. The number of hydrogen-bond acceptors (Lipinski definition) is 2. The molecule has 0 spiro atoms. The Morgan fingerprint density at radius 1 is 1.00 bits per heavy atom. The van der Waals surface area contributed by atoms with E-state index >= 15 is 0 Å². The molecule has 0 unspecified atom stereocenters. The summed E-state index contributed by atoms with van der Waals surface area (Å²) in [6.07, 6.45) is 1.41. The van der Waals surface area contributed by atoms with Crippen molar-refractivity contribution in [1.82, 2.24) is 4.90 Å². The van der Waals surface area contributed by atoms with E-state index in [2.05, 4.69) is 54.3 Å². The Bertz CT molecular complexity index is 595. The minimum atomic E-state index is 0.387. The Morgan fingerprint density at radius 3 is 2.42 bits per heavy atom. The van der Waals surface area contributed by atoms with Crippen LogP contribution in [0.5, 0.6) is 0 Å². The number of fused-ring (bicyclic) bond motifs is 1. The fourth-order valence-electron chi connectivity index (χ4n) is 2.84. The minimum Gasteiger partial charge on any atom is -0.300 e. The van der Waals surface area contributed by atoms with Gasteiger partial charge in [-0.25, -0.2) is 0 Å². The van der Waals surface area contributed by atoms with Crippen molar-refractivity contribution in [3.8, 4) is 0 Å². The maximum absolute atomic E-state index is 11.3. The maximum atomic E-state index is 11.3. The van der Waals surface area contributed by atoms with Gasteiger partial charge in [0, 0.05) is 32.0 Å². The molecule has 1 aliphatic heterocycles. The number of carbonyl (C=O) groups is 1. The number of benzene rings is 2. The first kappa shape index (κ1) is 12.4. The second-order valence-corrected chi connectivity index (χ2v) is 5.36. The molecule has 0 saturated carbocycles. The Balaban J connectivity index is 1.84. The average molecular weight is 253 g/mol. The lowest BCUT2D eigenvalue weighted by Gasteiger charge is -2.32. The summed E-state index contributed by atoms with van der Waals surface area (Å²) in [5.41, 5.74) is 1.34. The molecular formula is C17H19NO. The van der Waals surface area contributed by atoms with Crippen LogP contribution in [0.15, 0.2) is 42.5 Å². The number of likely N-dealkylation sites (tertiary alicyclic amines) is 1. The van der Waals surface area contributed by atoms with Crippen LogP contribution in [0.2, 0.25) is 0 Å². The molecule has 0 N–H and O–H groups in total. The van der Waals surface area contributed by atoms with Crippen molar-refractivity contribution >= 4 is 16.6 Å². The second kappa shape index (κ2) is 5.14. The van der Waals surface area contributed by atoms with E-state index in [0.717, 1.165) is 13.1 Å². The Morgan fingerprint density at radius 2 is 1.68 bits per heavy atom. The van der Waals surface area contributed by atoms with Crippen LogP contribution in [0.1, 0.15) is 31.4 Å². The van der Waals surface area contributed by atoms with Crippen molar-refractivity contribution in [3.63, 3.8) is 0 Å². The van der Waals surface area contributed by atoms with Gasteiger partial charge in [0.05, 0.1) is 0 Å². The van der Waals surface area contributed by atoms with Crippen molar-refractivity contribution in [2.75, 3.05) is 13.1 Å². The molecule has 0 aliphatic carbocycles. The average Bonchev–Trinajstić information content (AvgIpc) is 2.47. The molecule has 1 aliphatic rings. The third-order valence-electron chi connectivity index (χ3n) is 4.16. The summed E-state index contributed by atoms with van der Waals surface area (Å²) in [4.78, 5) is 13.7. The number of hydrogen-bond donors (Lipinski definition) is 0. The number of ketones is 1. The fourth-order valence-corrected chi connectivity index (χ4v) is 2.84. The van der Waals surface area contributed by atoms with Gasteiger partial charge in [0.1, 0.15) is 5.78 Å². The Labute approximate surface area is 114 Å². The van der Waals surface area contributed by atoms with E-state index in [1.807, 2.05) is 0 Å². The lowest BCUT2D eigenvalue weighted by atomic mass is 9.99. The lowest BCUT2D eigenvalue weighted by molar-refractivity contribution is -0.121. The Hall–Kier alpha value is -1.67. The minimum absolute atomic E-state index is 0.387. The molecule has 1 atom stereocenters. The molecule has 1 heterocycles. The molecule has 0 aromatic heterocycles. The zero-order valence-electron chi connectivity index (χ0n) is 11.3. The third kappa shape index (κ3) is 2.54. The molecule has 2 aromatic rings. The monoisotopic (exact) mass is 253 g/mol. The van der Waals surface area contributed by atoms with Crippen LogP contribution in [0.25, 0.3) is 10.8 Å². The van der Waals surface area contributed by atoms with Crippen molar-refractivity contribution < 1.29 is 4.79 Å². The van der Waals surface area contributed by atoms with Gasteiger partial charge in [0.2, 0.25) is 0 Å². The molecule has 98 valence electrons. The normalized spacial score (nSPS) is 18.7. The molecule has 0 amide bonds. The zero-order chi connectivity index (χ0) is 13.2. The van der Waals surface area contributed by atoms with E-state index in [0.29, 0.717) is 24.7 Å². The molecule has 2 heteroatoms. The van der Waals surface area contributed by atoms with E-state index in [1.165, 1.54) is 16.3 Å². The van der Waals surface area contributed by atoms with Gasteiger partial charge in [-0.15, -0.1) is 0 Å². The molecule has 2 aromatic carbocycles. The molecule has 19 heavy (non-hydrogen) atoms. The standard InChI is InChI=1S/C17H19NO/c1-13(18-10-8-17(19)9-11-18)15-7-6-14-4-2-3-5-16(14)12-15/h2-7,12-13H,8-11H2,1H3/t13-/m0/s1. The van der Waals surface area contributed by atoms with Crippen LogP contribution in [0.3, 0.4) is 0 Å². The van der Waals surface area contributed by atoms with E-state index in [9.17, 15) is 4.79 Å². The SMILES string of the molecule is C[C@@H](c1ccc2ccccc2c1)N1CCC(=O)CC1. The summed E-state index contributed by atoms with van der Waals surface area (Å²) in [7, 11) is 0. The smallest absolute Gasteiger partial charge is 0.135 e. The Kier molecular flexibility index (Phi) is 3.34. The molecule has 0 bridgehead atoms. The summed E-state index contributed by atoms with van der Waals surface area (Å²) in [6, 6.07) is 15.5. The lowest BCUT2D eigenvalue weighted by Crippen LogP contribution is -2.35. The topological polar surface area (TPSA) is 20.3 Å². The highest BCUT2D eigenvalue weighted by Gasteiger charge is 2.21. The number of piperidine rings is 1. The molecule has 2 nitrogen and oxygen atoms in total. The van der Waals surface area contributed by atoms with Gasteiger partial charge in [0.25, 0.3) is 0 Å². The predicted octanol–water partition coefficient (Wildman–Crippen LogP) is 3.57. The molecule has 3 rings (SSSR count). The van der Waals surface area contributed by atoms with Crippen molar-refractivity contribution in [2.45, 2.75) is 25.8 Å². The molecular weight excluding hydrogens is 234 g/mol. The van der Waals surface area contributed by atoms with Gasteiger partial charge in [0.15, 0.2) is 0 Å². The first-order valence-electron chi connectivity index (χ1n) is 6.98. The highest BCUT2D eigenvalue weighted by atomic mass is 16.1. The number of carbonyl (C=O) groups excluding carboxylic acids is 1. The summed E-state index contributed by atoms with van der Waals surface area (Å²) in [5, 5.41) is 2.58. The summed E-state index contributed by atoms with van der Waals surface area (Å²) in [5.74, 6) is 0.405. The first-order valence-corrected chi connectivity index (χ1v) is 6.98. The van der Waals surface area contributed by atoms with Gasteiger partial charge in [-0.2, -0.15) is 0 Å². The first-order chi connectivity index (χ1) is 9.24. The van der Waals surface area contributed by atoms with Crippen LogP contribution >= 0.6 is 0 Å². The van der Waals surface area contributed by atoms with Crippen LogP contribution < -0.4 is 0 Å². The third-order valence-corrected chi connectivity index (χ3v) is 4.16. The molecule has 0 radical (unpaired) electrons. The molecule has 1 fully saturated rings. The van der Waals surface area contributed by atoms with E-state index in [-0.39, 0.29) is 0 Å². The van der Waals surface area contributed by atoms with Crippen LogP contribution in [-0.2, 0) is 4.79 Å². The molecule has 1 saturated heterocycles. The highest BCUT2D eigenvalue weighted by molar-refractivity contribution is 5.83. The van der Waals surface area contributed by atoms with Gasteiger partial charge >= 0.3 is 0 Å². The van der Waals surface area contributed by atoms with E-state index in [4.69, 9.17) is 0 Å². The van der Waals surface area contributed by atoms with Gasteiger partial charge in [-0.1, -0.05) is 36.4 Å². The van der Waals surface area contributed by atoms with Crippen molar-refractivity contribution in [3.05, 3.63) is 48.0 Å². The highest BCUT2D eigenvalue weighted by Crippen LogP contribution is 2.26. The number of rotatable bonds is 2. The van der Waals surface area contributed by atoms with Crippen LogP contribution in [0, 0.1) is 0 Å². The van der Waals surface area contributed by atoms with Gasteiger partial charge in [-0.05, 0) is 29.3 Å². The van der Waals surface area contributed by atoms with E-state index in [1.54, 1.807) is 0 Å². The number of Topliss-reactive ketones (excluding diaryl/α,β-unsaturated/α-hetero) is 1. The van der Waals surface area contributed by atoms with E-state index < -0.39 is 0 Å². The van der Waals surface area contributed by atoms with Crippen molar-refractivity contribution in [1.29, 1.82) is 0 Å². The number of nitrogens with zero attached hydrogens (tertiary/aromatic N) is 1.